The lowest BCUT2D eigenvalue weighted by atomic mass is 10.0. The molecule has 1 aliphatic rings. The Kier molecular flexibility index (Phi) is 5.00. The van der Waals surface area contributed by atoms with Gasteiger partial charge in [0, 0.05) is 23.2 Å². The molecular formula is C19H23NS. The molecule has 1 aliphatic carbocycles. The van der Waals surface area contributed by atoms with E-state index in [0.717, 1.165) is 18.2 Å². The molecule has 0 heterocycles. The lowest BCUT2D eigenvalue weighted by Gasteiger charge is -2.19. The topological polar surface area (TPSA) is 12.0 Å². The van der Waals surface area contributed by atoms with Crippen molar-refractivity contribution >= 4 is 11.8 Å². The Hall–Kier alpha value is -1.25. The number of hydrogen-bond donors (Lipinski definition) is 1. The van der Waals surface area contributed by atoms with E-state index in [1.165, 1.54) is 28.9 Å². The Morgan fingerprint density at radius 2 is 1.76 bits per heavy atom. The van der Waals surface area contributed by atoms with Gasteiger partial charge in [-0.3, -0.25) is 0 Å². The third kappa shape index (κ3) is 4.36. The fourth-order valence-corrected chi connectivity index (χ4v) is 3.47. The van der Waals surface area contributed by atoms with Crippen LogP contribution >= 0.6 is 11.8 Å². The Bertz CT molecular complexity index is 546. The molecule has 2 aromatic rings. The molecule has 0 bridgehead atoms. The molecule has 0 aliphatic heterocycles. The molecule has 1 saturated carbocycles. The molecule has 0 spiro atoms. The van der Waals surface area contributed by atoms with Crippen LogP contribution in [0.15, 0.2) is 59.5 Å². The second-order valence-corrected chi connectivity index (χ2v) is 7.01. The summed E-state index contributed by atoms with van der Waals surface area (Å²) < 4.78 is 0. The number of hydrogen-bond acceptors (Lipinski definition) is 2. The Morgan fingerprint density at radius 1 is 1.05 bits per heavy atom. The standard InChI is InChI=1S/C19H23NS/c1-15-7-9-16(10-8-15)19(17-11-12-17)20-13-14-21-18-5-3-2-4-6-18/h2-10,17,19-20H,11-14H2,1H3. The fraction of sp³-hybridized carbons (Fsp3) is 0.368. The van der Waals surface area contributed by atoms with E-state index >= 15 is 0 Å². The number of benzene rings is 2. The molecule has 1 N–H and O–H groups in total. The van der Waals surface area contributed by atoms with Crippen LogP contribution in [-0.4, -0.2) is 12.3 Å². The number of aryl methyl sites for hydroxylation is 1. The van der Waals surface area contributed by atoms with Crippen LogP contribution in [0.25, 0.3) is 0 Å². The van der Waals surface area contributed by atoms with E-state index in [9.17, 15) is 0 Å². The highest BCUT2D eigenvalue weighted by atomic mass is 32.2. The van der Waals surface area contributed by atoms with Crippen molar-refractivity contribution in [3.05, 3.63) is 65.7 Å². The molecule has 1 fully saturated rings. The molecule has 0 aromatic heterocycles. The zero-order chi connectivity index (χ0) is 14.5. The van der Waals surface area contributed by atoms with Crippen LogP contribution in [0.2, 0.25) is 0 Å². The van der Waals surface area contributed by atoms with E-state index in [0.29, 0.717) is 6.04 Å². The van der Waals surface area contributed by atoms with Crippen molar-refractivity contribution < 1.29 is 0 Å². The summed E-state index contributed by atoms with van der Waals surface area (Å²) in [4.78, 5) is 1.36. The molecule has 1 unspecified atom stereocenters. The SMILES string of the molecule is Cc1ccc(C(NCCSc2ccccc2)C2CC2)cc1. The largest absolute Gasteiger partial charge is 0.309 e. The van der Waals surface area contributed by atoms with Crippen LogP contribution in [0.4, 0.5) is 0 Å². The minimum absolute atomic E-state index is 0.543. The van der Waals surface area contributed by atoms with E-state index in [4.69, 9.17) is 0 Å². The average molecular weight is 297 g/mol. The summed E-state index contributed by atoms with van der Waals surface area (Å²) in [6, 6.07) is 20.2. The quantitative estimate of drug-likeness (QED) is 0.580. The summed E-state index contributed by atoms with van der Waals surface area (Å²) in [6.07, 6.45) is 2.74. The van der Waals surface area contributed by atoms with Gasteiger partial charge < -0.3 is 5.32 Å². The molecule has 3 rings (SSSR count). The van der Waals surface area contributed by atoms with Gasteiger partial charge >= 0.3 is 0 Å². The summed E-state index contributed by atoms with van der Waals surface area (Å²) >= 11 is 1.93. The molecular weight excluding hydrogens is 274 g/mol. The maximum absolute atomic E-state index is 3.77. The molecule has 0 saturated heterocycles. The Balaban J connectivity index is 1.51. The fourth-order valence-electron chi connectivity index (χ4n) is 2.66. The first-order valence-corrected chi connectivity index (χ1v) is 8.79. The first-order valence-electron chi connectivity index (χ1n) is 7.81. The van der Waals surface area contributed by atoms with E-state index in [1.54, 1.807) is 0 Å². The zero-order valence-electron chi connectivity index (χ0n) is 12.6. The third-order valence-electron chi connectivity index (χ3n) is 4.01. The van der Waals surface area contributed by atoms with Gasteiger partial charge in [-0.15, -0.1) is 11.8 Å². The molecule has 1 nitrogen and oxygen atoms in total. The predicted molar refractivity (Wildman–Crippen MR) is 91.8 cm³/mol. The maximum atomic E-state index is 3.77. The second kappa shape index (κ2) is 7.15. The third-order valence-corrected chi connectivity index (χ3v) is 5.02. The zero-order valence-corrected chi connectivity index (χ0v) is 13.4. The van der Waals surface area contributed by atoms with Crippen LogP contribution in [0, 0.1) is 12.8 Å². The van der Waals surface area contributed by atoms with Gasteiger partial charge in [-0.25, -0.2) is 0 Å². The van der Waals surface area contributed by atoms with Crippen LogP contribution in [0.1, 0.15) is 30.0 Å². The van der Waals surface area contributed by atoms with Crippen molar-refractivity contribution in [2.75, 3.05) is 12.3 Å². The lowest BCUT2D eigenvalue weighted by Crippen LogP contribution is -2.25. The lowest BCUT2D eigenvalue weighted by molar-refractivity contribution is 0.498. The summed E-state index contributed by atoms with van der Waals surface area (Å²) in [7, 11) is 0. The monoisotopic (exact) mass is 297 g/mol. The minimum atomic E-state index is 0.543. The van der Waals surface area contributed by atoms with Gasteiger partial charge in [0.1, 0.15) is 0 Å². The van der Waals surface area contributed by atoms with Crippen molar-refractivity contribution in [2.45, 2.75) is 30.7 Å². The van der Waals surface area contributed by atoms with E-state index in [1.807, 2.05) is 11.8 Å². The van der Waals surface area contributed by atoms with Gasteiger partial charge in [0.15, 0.2) is 0 Å². The first kappa shape index (κ1) is 14.7. The van der Waals surface area contributed by atoms with E-state index in [-0.39, 0.29) is 0 Å². The second-order valence-electron chi connectivity index (χ2n) is 5.84. The van der Waals surface area contributed by atoms with Gasteiger partial charge in [0.25, 0.3) is 0 Å². The van der Waals surface area contributed by atoms with Crippen molar-refractivity contribution in [3.63, 3.8) is 0 Å². The molecule has 2 aromatic carbocycles. The summed E-state index contributed by atoms with van der Waals surface area (Å²) in [5.74, 6) is 1.97. The van der Waals surface area contributed by atoms with Crippen molar-refractivity contribution in [2.24, 2.45) is 5.92 Å². The van der Waals surface area contributed by atoms with Crippen molar-refractivity contribution in [1.82, 2.24) is 5.32 Å². The highest BCUT2D eigenvalue weighted by Crippen LogP contribution is 2.41. The highest BCUT2D eigenvalue weighted by molar-refractivity contribution is 7.99. The summed E-state index contributed by atoms with van der Waals surface area (Å²) in [6.45, 7) is 3.22. The number of rotatable bonds is 7. The normalized spacial score (nSPS) is 15.9. The van der Waals surface area contributed by atoms with Gasteiger partial charge in [-0.05, 0) is 43.4 Å². The van der Waals surface area contributed by atoms with Crippen LogP contribution in [0.5, 0.6) is 0 Å². The average Bonchev–Trinajstić information content (AvgIpc) is 3.34. The van der Waals surface area contributed by atoms with Crippen LogP contribution < -0.4 is 5.32 Å². The molecule has 2 heteroatoms. The van der Waals surface area contributed by atoms with Crippen molar-refractivity contribution in [3.8, 4) is 0 Å². The molecule has 21 heavy (non-hydrogen) atoms. The van der Waals surface area contributed by atoms with Crippen molar-refractivity contribution in [1.29, 1.82) is 0 Å². The van der Waals surface area contributed by atoms with Gasteiger partial charge in [0.05, 0.1) is 0 Å². The van der Waals surface area contributed by atoms with Gasteiger partial charge in [0.2, 0.25) is 0 Å². The van der Waals surface area contributed by atoms with Crippen LogP contribution in [-0.2, 0) is 0 Å². The Morgan fingerprint density at radius 3 is 2.43 bits per heavy atom. The minimum Gasteiger partial charge on any atom is -0.309 e. The molecule has 1 atom stereocenters. The smallest absolute Gasteiger partial charge is 0.0348 e. The summed E-state index contributed by atoms with van der Waals surface area (Å²) in [5.41, 5.74) is 2.79. The first-order chi connectivity index (χ1) is 10.3. The highest BCUT2D eigenvalue weighted by Gasteiger charge is 2.31. The molecule has 0 radical (unpaired) electrons. The summed E-state index contributed by atoms with van der Waals surface area (Å²) in [5, 5.41) is 3.77. The van der Waals surface area contributed by atoms with Gasteiger partial charge in [-0.1, -0.05) is 48.0 Å². The molecule has 110 valence electrons. The van der Waals surface area contributed by atoms with E-state index < -0.39 is 0 Å². The number of thioether (sulfide) groups is 1. The van der Waals surface area contributed by atoms with Gasteiger partial charge in [-0.2, -0.15) is 0 Å². The Labute approximate surface area is 132 Å². The van der Waals surface area contributed by atoms with Crippen LogP contribution in [0.3, 0.4) is 0 Å². The maximum Gasteiger partial charge on any atom is 0.0348 e. The molecule has 0 amide bonds. The number of nitrogens with one attached hydrogen (secondary N) is 1. The van der Waals surface area contributed by atoms with E-state index in [2.05, 4.69) is 66.8 Å². The predicted octanol–water partition coefficient (Wildman–Crippen LogP) is 4.83.